The summed E-state index contributed by atoms with van der Waals surface area (Å²) in [6.45, 7) is 16.6. The molecule has 1 aliphatic heterocycles. The number of hydrogen-bond donors (Lipinski definition) is 1. The zero-order chi connectivity index (χ0) is 24.6. The number of benzene rings is 1. The fourth-order valence-electron chi connectivity index (χ4n) is 3.34. The summed E-state index contributed by atoms with van der Waals surface area (Å²) in [5, 5.41) is 1.13. The topological polar surface area (TPSA) is 86.3 Å². The Bertz CT molecular complexity index is 947. The third-order valence-corrected chi connectivity index (χ3v) is 4.67. The van der Waals surface area contributed by atoms with Gasteiger partial charge in [0.1, 0.15) is 11.3 Å². The predicted molar refractivity (Wildman–Crippen MR) is 140 cm³/mol. The second-order valence-corrected chi connectivity index (χ2v) is 7.90. The van der Waals surface area contributed by atoms with Gasteiger partial charge >= 0.3 is 0 Å². The Morgan fingerprint density at radius 1 is 1.00 bits per heavy atom. The van der Waals surface area contributed by atoms with Gasteiger partial charge < -0.3 is 19.9 Å². The fourth-order valence-corrected chi connectivity index (χ4v) is 3.34. The lowest BCUT2D eigenvalue weighted by Crippen LogP contribution is -2.34. The Labute approximate surface area is 199 Å². The Morgan fingerprint density at radius 3 is 2.12 bits per heavy atom. The number of anilines is 1. The van der Waals surface area contributed by atoms with Gasteiger partial charge in [0.15, 0.2) is 5.82 Å². The van der Waals surface area contributed by atoms with E-state index in [2.05, 4.69) is 57.2 Å². The summed E-state index contributed by atoms with van der Waals surface area (Å²) in [6.07, 6.45) is 5.41. The van der Waals surface area contributed by atoms with Gasteiger partial charge in [-0.1, -0.05) is 65.7 Å². The highest BCUT2D eigenvalue weighted by Crippen LogP contribution is 2.28. The monoisotopic (exact) mass is 457 g/mol. The minimum atomic E-state index is 0.526. The molecule has 0 spiro atoms. The predicted octanol–water partition coefficient (Wildman–Crippen LogP) is 5.45. The number of morpholine rings is 1. The van der Waals surface area contributed by atoms with Crippen LogP contribution in [0, 0.1) is 0 Å². The highest BCUT2D eigenvalue weighted by Gasteiger charge is 2.15. The number of amides is 1. The maximum absolute atomic E-state index is 10.0. The zero-order valence-corrected chi connectivity index (χ0v) is 21.4. The first kappa shape index (κ1) is 28.4. The number of carbonyl (C=O) groups is 1. The van der Waals surface area contributed by atoms with Crippen molar-refractivity contribution in [2.75, 3.05) is 32.0 Å². The summed E-state index contributed by atoms with van der Waals surface area (Å²) in [5.74, 6) is 1.63. The quantitative estimate of drug-likeness (QED) is 0.527. The van der Waals surface area contributed by atoms with Crippen LogP contribution in [-0.4, -0.2) is 52.1 Å². The molecule has 7 nitrogen and oxygen atoms in total. The molecule has 1 saturated heterocycles. The molecule has 1 aromatic carbocycles. The summed E-state index contributed by atoms with van der Waals surface area (Å²) in [4.78, 5) is 20.9. The Hall–Kier alpha value is -2.67. The molecule has 2 N–H and O–H groups in total. The van der Waals surface area contributed by atoms with Crippen molar-refractivity contribution < 1.29 is 9.53 Å². The van der Waals surface area contributed by atoms with Gasteiger partial charge in [-0.3, -0.25) is 4.79 Å². The number of nitrogen functional groups attached to an aromatic ring is 1. The van der Waals surface area contributed by atoms with Gasteiger partial charge in [-0.05, 0) is 19.4 Å². The molecule has 4 rings (SSSR count). The second kappa shape index (κ2) is 16.0. The number of aromatic nitrogens is 3. The van der Waals surface area contributed by atoms with Crippen LogP contribution in [0.3, 0.4) is 0 Å². The van der Waals surface area contributed by atoms with Gasteiger partial charge in [-0.25, -0.2) is 9.97 Å². The molecular weight excluding hydrogens is 414 g/mol. The summed E-state index contributed by atoms with van der Waals surface area (Å²) >= 11 is 0. The largest absolute Gasteiger partial charge is 0.382 e. The first-order valence-electron chi connectivity index (χ1n) is 12.3. The fraction of sp³-hybridized carbons (Fsp3) is 0.577. The van der Waals surface area contributed by atoms with Crippen molar-refractivity contribution in [1.29, 1.82) is 0 Å². The Balaban J connectivity index is 0.000000322. The molecule has 0 radical (unpaired) electrons. The van der Waals surface area contributed by atoms with E-state index in [1.165, 1.54) is 12.8 Å². The van der Waals surface area contributed by atoms with E-state index in [1.54, 1.807) is 4.90 Å². The van der Waals surface area contributed by atoms with Crippen molar-refractivity contribution >= 4 is 34.2 Å². The lowest BCUT2D eigenvalue weighted by atomic mass is 10.2. The molecule has 3 aromatic rings. The number of rotatable bonds is 4. The van der Waals surface area contributed by atoms with Crippen LogP contribution < -0.4 is 5.73 Å². The number of pyridine rings is 1. The van der Waals surface area contributed by atoms with Crippen molar-refractivity contribution in [3.05, 3.63) is 30.1 Å². The number of aryl methyl sites for hydroxylation is 2. The molecular formula is C26H43N5O2. The first-order valence-corrected chi connectivity index (χ1v) is 12.3. The minimum Gasteiger partial charge on any atom is -0.382 e. The normalized spacial score (nSPS) is 12.7. The number of nitrogens with zero attached hydrogens (tertiary/aromatic N) is 4. The molecule has 1 amide bonds. The average Bonchev–Trinajstić information content (AvgIpc) is 3.20. The second-order valence-electron chi connectivity index (χ2n) is 7.90. The summed E-state index contributed by atoms with van der Waals surface area (Å²) in [6, 6.07) is 8.11. The van der Waals surface area contributed by atoms with Crippen molar-refractivity contribution in [2.45, 2.75) is 73.8 Å². The molecule has 0 saturated carbocycles. The summed E-state index contributed by atoms with van der Waals surface area (Å²) in [5.41, 5.74) is 8.96. The molecule has 1 fully saturated rings. The minimum absolute atomic E-state index is 0.526. The molecule has 0 atom stereocenters. The van der Waals surface area contributed by atoms with Gasteiger partial charge in [-0.15, -0.1) is 0 Å². The van der Waals surface area contributed by atoms with Crippen LogP contribution in [-0.2, 0) is 22.5 Å². The standard InChI is InChI=1S/C15H18N4.C5H9NO2.2C3H8/c1-3-7-12-18-13-14(19(12)4-2)10-8-5-6-9-11(10)17-15(13)16;7-5-6-1-3-8-4-2-6;2*1-3-2/h5-6,8-9H,3-4,7H2,1-2H3,(H2,16,17);5H,1-4H2;2*3H2,1-2H3. The van der Waals surface area contributed by atoms with Crippen molar-refractivity contribution in [1.82, 2.24) is 19.4 Å². The number of hydrogen-bond acceptors (Lipinski definition) is 5. The number of imidazole rings is 1. The van der Waals surface area contributed by atoms with Crippen LogP contribution in [0.1, 0.15) is 66.6 Å². The third kappa shape index (κ3) is 8.31. The molecule has 3 heterocycles. The van der Waals surface area contributed by atoms with Gasteiger partial charge in [0, 0.05) is 31.4 Å². The molecule has 0 unspecified atom stereocenters. The van der Waals surface area contributed by atoms with E-state index in [1.807, 2.05) is 18.2 Å². The third-order valence-electron chi connectivity index (χ3n) is 4.67. The maximum Gasteiger partial charge on any atom is 0.209 e. The van der Waals surface area contributed by atoms with Crippen LogP contribution in [0.4, 0.5) is 5.82 Å². The average molecular weight is 458 g/mol. The van der Waals surface area contributed by atoms with E-state index in [-0.39, 0.29) is 0 Å². The molecule has 7 heteroatoms. The molecule has 184 valence electrons. The van der Waals surface area contributed by atoms with E-state index in [0.717, 1.165) is 66.6 Å². The Morgan fingerprint density at radius 2 is 1.61 bits per heavy atom. The van der Waals surface area contributed by atoms with Gasteiger partial charge in [0.05, 0.1) is 24.2 Å². The van der Waals surface area contributed by atoms with Crippen LogP contribution in [0.5, 0.6) is 0 Å². The van der Waals surface area contributed by atoms with E-state index in [4.69, 9.17) is 15.5 Å². The SMILES string of the molecule is CCC.CCC.CCCc1nc2c(N)nc3ccccc3c2n1CC.O=CN1CCOCC1. The van der Waals surface area contributed by atoms with Crippen LogP contribution in [0.25, 0.3) is 21.9 Å². The van der Waals surface area contributed by atoms with Gasteiger partial charge in [0.25, 0.3) is 0 Å². The molecule has 33 heavy (non-hydrogen) atoms. The summed E-state index contributed by atoms with van der Waals surface area (Å²) < 4.78 is 7.26. The summed E-state index contributed by atoms with van der Waals surface area (Å²) in [7, 11) is 0. The number of carbonyl (C=O) groups excluding carboxylic acids is 1. The maximum atomic E-state index is 10.0. The number of fused-ring (bicyclic) bond motifs is 3. The molecule has 0 bridgehead atoms. The van der Waals surface area contributed by atoms with Gasteiger partial charge in [0.2, 0.25) is 6.41 Å². The Kier molecular flexibility index (Phi) is 13.8. The van der Waals surface area contributed by atoms with E-state index in [0.29, 0.717) is 19.0 Å². The molecule has 2 aromatic heterocycles. The molecule has 1 aliphatic rings. The lowest BCUT2D eigenvalue weighted by molar-refractivity contribution is -0.121. The van der Waals surface area contributed by atoms with Crippen molar-refractivity contribution in [3.63, 3.8) is 0 Å². The van der Waals surface area contributed by atoms with Crippen LogP contribution >= 0.6 is 0 Å². The van der Waals surface area contributed by atoms with Crippen molar-refractivity contribution in [3.8, 4) is 0 Å². The van der Waals surface area contributed by atoms with E-state index < -0.39 is 0 Å². The van der Waals surface area contributed by atoms with E-state index >= 15 is 0 Å². The number of nitrogens with two attached hydrogens (primary N) is 1. The van der Waals surface area contributed by atoms with Crippen molar-refractivity contribution in [2.24, 2.45) is 0 Å². The first-order chi connectivity index (χ1) is 16.0. The van der Waals surface area contributed by atoms with E-state index in [9.17, 15) is 4.79 Å². The number of ether oxygens (including phenoxy) is 1. The van der Waals surface area contributed by atoms with Gasteiger partial charge in [-0.2, -0.15) is 0 Å². The van der Waals surface area contributed by atoms with Crippen LogP contribution in [0.2, 0.25) is 0 Å². The highest BCUT2D eigenvalue weighted by molar-refractivity contribution is 6.06. The number of para-hydroxylation sites is 1. The highest BCUT2D eigenvalue weighted by atomic mass is 16.5. The lowest BCUT2D eigenvalue weighted by Gasteiger charge is -2.21. The zero-order valence-electron chi connectivity index (χ0n) is 21.4. The van der Waals surface area contributed by atoms with Crippen LogP contribution in [0.15, 0.2) is 24.3 Å². The molecule has 0 aliphatic carbocycles. The smallest absolute Gasteiger partial charge is 0.209 e.